The fourth-order valence-electron chi connectivity index (χ4n) is 4.30. The van der Waals surface area contributed by atoms with Crippen LogP contribution in [0, 0.1) is 0 Å². The molecule has 3 aromatic rings. The minimum atomic E-state index is -0.0845. The van der Waals surface area contributed by atoms with Crippen molar-refractivity contribution < 1.29 is 28.5 Å². The summed E-state index contributed by atoms with van der Waals surface area (Å²) in [5, 5.41) is 13.1. The maximum atomic E-state index is 12.8. The predicted octanol–water partition coefficient (Wildman–Crippen LogP) is 5.13. The number of phenols is 1. The number of carbonyl (C=O) groups excluding carboxylic acids is 1. The molecule has 2 aromatic carbocycles. The van der Waals surface area contributed by atoms with Gasteiger partial charge in [0.15, 0.2) is 11.5 Å². The van der Waals surface area contributed by atoms with Gasteiger partial charge in [-0.1, -0.05) is 12.1 Å². The fourth-order valence-corrected chi connectivity index (χ4v) is 4.30. The second-order valence-corrected chi connectivity index (χ2v) is 8.22. The second-order valence-electron chi connectivity index (χ2n) is 8.22. The van der Waals surface area contributed by atoms with Gasteiger partial charge >= 0.3 is 0 Å². The average molecular weight is 476 g/mol. The highest BCUT2D eigenvalue weighted by Crippen LogP contribution is 2.44. The molecule has 0 bridgehead atoms. The molecule has 4 rings (SSSR count). The lowest BCUT2D eigenvalue weighted by atomic mass is 10.00. The Hall–Kier alpha value is -4.13. The molecule has 182 valence electrons. The Balaban J connectivity index is 1.63. The molecule has 0 atom stereocenters. The van der Waals surface area contributed by atoms with E-state index in [-0.39, 0.29) is 18.1 Å². The molecule has 1 amide bonds. The van der Waals surface area contributed by atoms with Gasteiger partial charge in [-0.3, -0.25) is 4.79 Å². The maximum absolute atomic E-state index is 12.8. The van der Waals surface area contributed by atoms with Crippen LogP contribution in [0.3, 0.4) is 0 Å². The zero-order chi connectivity index (χ0) is 24.9. The molecule has 35 heavy (non-hydrogen) atoms. The third kappa shape index (κ3) is 5.04. The number of hydrogen-bond donors (Lipinski definition) is 2. The third-order valence-corrected chi connectivity index (χ3v) is 6.16. The lowest BCUT2D eigenvalue weighted by Gasteiger charge is -2.11. The molecule has 0 unspecified atom stereocenters. The summed E-state index contributed by atoms with van der Waals surface area (Å²) in [5.41, 5.74) is 6.03. The number of benzene rings is 2. The van der Waals surface area contributed by atoms with Gasteiger partial charge in [-0.05, 0) is 83.2 Å². The van der Waals surface area contributed by atoms with Crippen molar-refractivity contribution in [3.8, 4) is 23.0 Å². The van der Waals surface area contributed by atoms with E-state index < -0.39 is 0 Å². The number of hydrogen-bond acceptors (Lipinski definition) is 6. The lowest BCUT2D eigenvalue weighted by molar-refractivity contribution is -0.120. The summed E-state index contributed by atoms with van der Waals surface area (Å²) < 4.78 is 21.3. The van der Waals surface area contributed by atoms with Gasteiger partial charge in [0.25, 0.3) is 0 Å². The van der Waals surface area contributed by atoms with Crippen LogP contribution < -0.4 is 19.5 Å². The summed E-state index contributed by atoms with van der Waals surface area (Å²) in [6, 6.07) is 13.1. The van der Waals surface area contributed by atoms with Crippen molar-refractivity contribution in [1.82, 2.24) is 5.32 Å². The van der Waals surface area contributed by atoms with Crippen LogP contribution in [0.25, 0.3) is 11.1 Å². The van der Waals surface area contributed by atoms with Gasteiger partial charge in [0.2, 0.25) is 11.7 Å². The zero-order valence-electron chi connectivity index (χ0n) is 20.3. The molecule has 0 spiro atoms. The van der Waals surface area contributed by atoms with Crippen LogP contribution in [-0.4, -0.2) is 32.3 Å². The SMILES string of the molecule is COc1ccc2c(c1)C(CC(=O)NCc1ccco1)=C(C)/C2=C/Cc1cc(OC)c(O)c(OC)c1. The van der Waals surface area contributed by atoms with Gasteiger partial charge in [-0.25, -0.2) is 0 Å². The number of ether oxygens (including phenoxy) is 3. The van der Waals surface area contributed by atoms with Crippen molar-refractivity contribution in [3.63, 3.8) is 0 Å². The molecule has 1 aromatic heterocycles. The van der Waals surface area contributed by atoms with Gasteiger partial charge in [0.05, 0.1) is 40.6 Å². The van der Waals surface area contributed by atoms with Crippen LogP contribution in [-0.2, 0) is 17.8 Å². The number of phenolic OH excluding ortho intramolecular Hbond substituents is 1. The second kappa shape index (κ2) is 10.4. The minimum Gasteiger partial charge on any atom is -0.502 e. The normalized spacial score (nSPS) is 13.7. The van der Waals surface area contributed by atoms with Gasteiger partial charge in [-0.2, -0.15) is 0 Å². The highest BCUT2D eigenvalue weighted by atomic mass is 16.5. The molecule has 1 aliphatic rings. The number of nitrogens with one attached hydrogen (secondary N) is 1. The van der Waals surface area contributed by atoms with E-state index in [0.717, 1.165) is 39.2 Å². The summed E-state index contributed by atoms with van der Waals surface area (Å²) in [6.45, 7) is 2.38. The number of methoxy groups -OCH3 is 3. The number of amides is 1. The van der Waals surface area contributed by atoms with E-state index in [0.29, 0.717) is 30.2 Å². The summed E-state index contributed by atoms with van der Waals surface area (Å²) in [6.07, 6.45) is 4.54. The first-order valence-electron chi connectivity index (χ1n) is 11.3. The topological polar surface area (TPSA) is 90.2 Å². The van der Waals surface area contributed by atoms with E-state index >= 15 is 0 Å². The Morgan fingerprint density at radius 1 is 1.03 bits per heavy atom. The highest BCUT2D eigenvalue weighted by molar-refractivity contribution is 6.04. The number of allylic oxidation sites excluding steroid dienone is 3. The van der Waals surface area contributed by atoms with E-state index in [4.69, 9.17) is 18.6 Å². The molecule has 0 saturated carbocycles. The molecule has 0 radical (unpaired) electrons. The molecule has 2 N–H and O–H groups in total. The summed E-state index contributed by atoms with van der Waals surface area (Å²) in [7, 11) is 4.65. The van der Waals surface area contributed by atoms with Crippen molar-refractivity contribution >= 4 is 17.1 Å². The van der Waals surface area contributed by atoms with Crippen LogP contribution in [0.1, 0.15) is 35.8 Å². The molecule has 7 nitrogen and oxygen atoms in total. The number of carbonyl (C=O) groups is 1. The standard InChI is InChI=1S/C28H29NO6/c1-17-21(9-7-18-12-25(33-3)28(31)26(13-18)34-4)22-10-8-19(32-2)14-24(22)23(17)15-27(30)29-16-20-6-5-11-35-20/h5-6,8-14,31H,7,15-16H2,1-4H3,(H,29,30)/b21-9-. The number of rotatable bonds is 9. The third-order valence-electron chi connectivity index (χ3n) is 6.16. The van der Waals surface area contributed by atoms with E-state index in [1.807, 2.05) is 31.2 Å². The van der Waals surface area contributed by atoms with Gasteiger partial charge in [0, 0.05) is 0 Å². The van der Waals surface area contributed by atoms with Crippen molar-refractivity contribution in [2.75, 3.05) is 21.3 Å². The smallest absolute Gasteiger partial charge is 0.224 e. The Bertz CT molecular complexity index is 1260. The Morgan fingerprint density at radius 2 is 1.77 bits per heavy atom. The summed E-state index contributed by atoms with van der Waals surface area (Å²) in [5.74, 6) is 2.05. The maximum Gasteiger partial charge on any atom is 0.224 e. The Morgan fingerprint density at radius 3 is 2.40 bits per heavy atom. The van der Waals surface area contributed by atoms with Crippen molar-refractivity contribution in [3.05, 3.63) is 82.8 Å². The first-order chi connectivity index (χ1) is 16.9. The molecular formula is C28H29NO6. The molecule has 0 saturated heterocycles. The van der Waals surface area contributed by atoms with Crippen molar-refractivity contribution in [2.45, 2.75) is 26.3 Å². The molecule has 0 aliphatic heterocycles. The Labute approximate surface area is 204 Å². The van der Waals surface area contributed by atoms with E-state index in [1.54, 1.807) is 31.6 Å². The van der Waals surface area contributed by atoms with Gasteiger partial charge < -0.3 is 29.1 Å². The lowest BCUT2D eigenvalue weighted by Crippen LogP contribution is -2.22. The zero-order valence-corrected chi connectivity index (χ0v) is 20.3. The average Bonchev–Trinajstić information content (AvgIpc) is 3.48. The minimum absolute atomic E-state index is 0.0244. The first kappa shape index (κ1) is 24.0. The Kier molecular flexibility index (Phi) is 7.15. The van der Waals surface area contributed by atoms with E-state index in [1.165, 1.54) is 14.2 Å². The van der Waals surface area contributed by atoms with Crippen LogP contribution in [0.15, 0.2) is 64.8 Å². The summed E-state index contributed by atoms with van der Waals surface area (Å²) in [4.78, 5) is 12.8. The first-order valence-corrected chi connectivity index (χ1v) is 11.3. The molecule has 1 aliphatic carbocycles. The van der Waals surface area contributed by atoms with Gasteiger partial charge in [0.1, 0.15) is 11.5 Å². The number of fused-ring (bicyclic) bond motifs is 1. The van der Waals surface area contributed by atoms with E-state index in [9.17, 15) is 9.90 Å². The molecular weight excluding hydrogens is 446 g/mol. The van der Waals surface area contributed by atoms with Gasteiger partial charge in [-0.15, -0.1) is 0 Å². The molecule has 0 fully saturated rings. The van der Waals surface area contributed by atoms with Crippen LogP contribution >= 0.6 is 0 Å². The fraction of sp³-hybridized carbons (Fsp3) is 0.250. The number of furan rings is 1. The quantitative estimate of drug-likeness (QED) is 0.446. The molecule has 7 heteroatoms. The summed E-state index contributed by atoms with van der Waals surface area (Å²) >= 11 is 0. The number of aromatic hydroxyl groups is 1. The largest absolute Gasteiger partial charge is 0.502 e. The van der Waals surface area contributed by atoms with Crippen LogP contribution in [0.2, 0.25) is 0 Å². The van der Waals surface area contributed by atoms with Crippen LogP contribution in [0.5, 0.6) is 23.0 Å². The predicted molar refractivity (Wildman–Crippen MR) is 134 cm³/mol. The van der Waals surface area contributed by atoms with Crippen molar-refractivity contribution in [2.24, 2.45) is 0 Å². The van der Waals surface area contributed by atoms with Crippen LogP contribution in [0.4, 0.5) is 0 Å². The monoisotopic (exact) mass is 475 g/mol. The van der Waals surface area contributed by atoms with E-state index in [2.05, 4.69) is 11.4 Å². The molecule has 1 heterocycles. The highest BCUT2D eigenvalue weighted by Gasteiger charge is 2.26. The van der Waals surface area contributed by atoms with Crippen molar-refractivity contribution in [1.29, 1.82) is 0 Å².